The molecule has 0 saturated carbocycles. The first-order valence-corrected chi connectivity index (χ1v) is 4.42. The van der Waals surface area contributed by atoms with E-state index in [9.17, 15) is 4.39 Å². The number of hydrogen-bond donors (Lipinski definition) is 1. The molecule has 0 aliphatic heterocycles. The molecule has 15 heavy (non-hydrogen) atoms. The summed E-state index contributed by atoms with van der Waals surface area (Å²) in [7, 11) is 1.77. The topological polar surface area (TPSA) is 50.7 Å². The predicted octanol–water partition coefficient (Wildman–Crippen LogP) is 1.72. The van der Waals surface area contributed by atoms with Crippen molar-refractivity contribution in [2.45, 2.75) is 0 Å². The van der Waals surface area contributed by atoms with Crippen molar-refractivity contribution in [3.05, 3.63) is 36.4 Å². The van der Waals surface area contributed by atoms with Crippen molar-refractivity contribution in [1.82, 2.24) is 15.0 Å². The fourth-order valence-corrected chi connectivity index (χ4v) is 1.13. The quantitative estimate of drug-likeness (QED) is 0.809. The van der Waals surface area contributed by atoms with E-state index in [1.807, 2.05) is 0 Å². The molecular weight excluding hydrogens is 195 g/mol. The van der Waals surface area contributed by atoms with Crippen LogP contribution in [0.25, 0.3) is 11.5 Å². The molecule has 0 aliphatic carbocycles. The molecule has 1 N–H and O–H groups in total. The summed E-state index contributed by atoms with van der Waals surface area (Å²) < 4.78 is 12.6. The molecule has 0 bridgehead atoms. The van der Waals surface area contributed by atoms with Crippen LogP contribution in [0.4, 0.5) is 10.2 Å². The Labute approximate surface area is 86.2 Å². The average molecular weight is 204 g/mol. The molecule has 0 amide bonds. The zero-order chi connectivity index (χ0) is 10.7. The molecule has 0 unspecified atom stereocenters. The molecular formula is C10H9FN4. The van der Waals surface area contributed by atoms with Crippen LogP contribution in [-0.4, -0.2) is 22.0 Å². The molecule has 0 spiro atoms. The lowest BCUT2D eigenvalue weighted by molar-refractivity contribution is 0.621. The highest BCUT2D eigenvalue weighted by atomic mass is 19.1. The van der Waals surface area contributed by atoms with E-state index < -0.39 is 0 Å². The van der Waals surface area contributed by atoms with E-state index in [1.165, 1.54) is 6.07 Å². The van der Waals surface area contributed by atoms with Crippen LogP contribution in [0.2, 0.25) is 0 Å². The summed E-state index contributed by atoms with van der Waals surface area (Å²) >= 11 is 0. The smallest absolute Gasteiger partial charge is 0.180 e. The van der Waals surface area contributed by atoms with Gasteiger partial charge in [0.15, 0.2) is 5.82 Å². The number of nitrogens with one attached hydrogen (secondary N) is 1. The van der Waals surface area contributed by atoms with Crippen LogP contribution in [0.15, 0.2) is 30.6 Å². The Morgan fingerprint density at radius 1 is 1.20 bits per heavy atom. The zero-order valence-electron chi connectivity index (χ0n) is 8.11. The number of hydrogen-bond acceptors (Lipinski definition) is 4. The number of pyridine rings is 1. The summed E-state index contributed by atoms with van der Waals surface area (Å²) in [6.07, 6.45) is 2.77. The van der Waals surface area contributed by atoms with Gasteiger partial charge in [-0.1, -0.05) is 0 Å². The summed E-state index contributed by atoms with van der Waals surface area (Å²) in [6.45, 7) is 0. The van der Waals surface area contributed by atoms with Crippen molar-refractivity contribution in [3.8, 4) is 11.5 Å². The van der Waals surface area contributed by atoms with Crippen molar-refractivity contribution in [1.29, 1.82) is 0 Å². The van der Waals surface area contributed by atoms with Crippen LogP contribution in [0.1, 0.15) is 0 Å². The molecule has 2 aromatic heterocycles. The third-order valence-corrected chi connectivity index (χ3v) is 1.87. The maximum Gasteiger partial charge on any atom is 0.180 e. The van der Waals surface area contributed by atoms with E-state index in [4.69, 9.17) is 0 Å². The van der Waals surface area contributed by atoms with Crippen molar-refractivity contribution >= 4 is 5.82 Å². The Kier molecular flexibility index (Phi) is 2.53. The molecule has 0 aliphatic rings. The minimum atomic E-state index is -0.372. The molecule has 0 aromatic carbocycles. The van der Waals surface area contributed by atoms with Gasteiger partial charge in [-0.15, -0.1) is 0 Å². The van der Waals surface area contributed by atoms with Crippen molar-refractivity contribution < 1.29 is 4.39 Å². The van der Waals surface area contributed by atoms with Gasteiger partial charge in [0.25, 0.3) is 0 Å². The van der Waals surface area contributed by atoms with Gasteiger partial charge in [0.05, 0.1) is 6.20 Å². The number of halogens is 1. The van der Waals surface area contributed by atoms with E-state index >= 15 is 0 Å². The lowest BCUT2D eigenvalue weighted by Crippen LogP contribution is -1.96. The van der Waals surface area contributed by atoms with Crippen LogP contribution in [0, 0.1) is 5.82 Å². The Hall–Kier alpha value is -2.04. The summed E-state index contributed by atoms with van der Waals surface area (Å²) in [5.74, 6) is 0.802. The highest BCUT2D eigenvalue weighted by molar-refractivity contribution is 5.51. The van der Waals surface area contributed by atoms with Crippen LogP contribution < -0.4 is 5.32 Å². The number of anilines is 1. The summed E-state index contributed by atoms with van der Waals surface area (Å²) in [5.41, 5.74) is 0.550. The summed E-state index contributed by atoms with van der Waals surface area (Å²) in [5, 5.41) is 2.90. The first-order valence-electron chi connectivity index (χ1n) is 4.42. The molecule has 2 heterocycles. The van der Waals surface area contributed by atoms with Crippen LogP contribution in [0.5, 0.6) is 0 Å². The lowest BCUT2D eigenvalue weighted by Gasteiger charge is -2.01. The van der Waals surface area contributed by atoms with E-state index in [2.05, 4.69) is 20.3 Å². The monoisotopic (exact) mass is 204 g/mol. The Balaban J connectivity index is 2.40. The molecule has 0 atom stereocenters. The van der Waals surface area contributed by atoms with E-state index in [0.717, 1.165) is 6.20 Å². The highest BCUT2D eigenvalue weighted by Gasteiger charge is 2.03. The van der Waals surface area contributed by atoms with Gasteiger partial charge in [0, 0.05) is 13.2 Å². The minimum Gasteiger partial charge on any atom is -0.373 e. The maximum absolute atomic E-state index is 12.6. The van der Waals surface area contributed by atoms with Gasteiger partial charge in [-0.3, -0.25) is 0 Å². The second kappa shape index (κ2) is 4.00. The highest BCUT2D eigenvalue weighted by Crippen LogP contribution is 2.13. The molecule has 0 fully saturated rings. The average Bonchev–Trinajstić information content (AvgIpc) is 2.30. The number of aromatic nitrogens is 3. The second-order valence-corrected chi connectivity index (χ2v) is 2.88. The molecule has 2 rings (SSSR count). The largest absolute Gasteiger partial charge is 0.373 e. The fraction of sp³-hybridized carbons (Fsp3) is 0.100. The molecule has 76 valence electrons. The number of nitrogens with zero attached hydrogens (tertiary/aromatic N) is 3. The molecule has 2 aromatic rings. The third-order valence-electron chi connectivity index (χ3n) is 1.87. The first-order chi connectivity index (χ1) is 7.29. The second-order valence-electron chi connectivity index (χ2n) is 2.88. The van der Waals surface area contributed by atoms with Gasteiger partial charge < -0.3 is 5.32 Å². The SMILES string of the molecule is CNc1ccnc(-c2ccc(F)cn2)n1. The Bertz CT molecular complexity index is 455. The van der Waals surface area contributed by atoms with E-state index in [1.54, 1.807) is 25.4 Å². The van der Waals surface area contributed by atoms with Crippen molar-refractivity contribution in [2.24, 2.45) is 0 Å². The number of rotatable bonds is 2. The van der Waals surface area contributed by atoms with Gasteiger partial charge in [0.2, 0.25) is 0 Å². The van der Waals surface area contributed by atoms with Crippen LogP contribution in [-0.2, 0) is 0 Å². The summed E-state index contributed by atoms with van der Waals surface area (Å²) in [4.78, 5) is 12.1. The van der Waals surface area contributed by atoms with E-state index in [-0.39, 0.29) is 5.82 Å². The van der Waals surface area contributed by atoms with Gasteiger partial charge in [-0.25, -0.2) is 19.3 Å². The minimum absolute atomic E-state index is 0.372. The van der Waals surface area contributed by atoms with Gasteiger partial charge in [0.1, 0.15) is 17.3 Å². The zero-order valence-corrected chi connectivity index (χ0v) is 8.11. The third kappa shape index (κ3) is 2.07. The predicted molar refractivity (Wildman–Crippen MR) is 54.8 cm³/mol. The fourth-order valence-electron chi connectivity index (χ4n) is 1.13. The van der Waals surface area contributed by atoms with Crippen LogP contribution >= 0.6 is 0 Å². The van der Waals surface area contributed by atoms with Gasteiger partial charge in [-0.2, -0.15) is 0 Å². The van der Waals surface area contributed by atoms with Crippen molar-refractivity contribution in [3.63, 3.8) is 0 Å². The Morgan fingerprint density at radius 3 is 2.73 bits per heavy atom. The van der Waals surface area contributed by atoms with Crippen molar-refractivity contribution in [2.75, 3.05) is 12.4 Å². The molecule has 0 radical (unpaired) electrons. The normalized spacial score (nSPS) is 10.0. The summed E-state index contributed by atoms with van der Waals surface area (Å²) in [6, 6.07) is 4.62. The molecule has 0 saturated heterocycles. The molecule has 4 nitrogen and oxygen atoms in total. The Morgan fingerprint density at radius 2 is 2.07 bits per heavy atom. The lowest BCUT2D eigenvalue weighted by atomic mass is 10.3. The maximum atomic E-state index is 12.6. The standard InChI is InChI=1S/C10H9FN4/c1-12-9-4-5-13-10(15-9)8-3-2-7(11)6-14-8/h2-6H,1H3,(H,12,13,15). The van der Waals surface area contributed by atoms with Crippen LogP contribution in [0.3, 0.4) is 0 Å². The first kappa shape index (κ1) is 9.51. The van der Waals surface area contributed by atoms with Gasteiger partial charge in [-0.05, 0) is 18.2 Å². The van der Waals surface area contributed by atoms with Gasteiger partial charge >= 0.3 is 0 Å². The molecule has 5 heteroatoms. The van der Waals surface area contributed by atoms with E-state index in [0.29, 0.717) is 17.3 Å².